The molecule has 182 valence electrons. The van der Waals surface area contributed by atoms with Crippen molar-refractivity contribution in [1.82, 2.24) is 10.2 Å². The molecular weight excluding hydrogens is 437 g/mol. The van der Waals surface area contributed by atoms with Gasteiger partial charge >= 0.3 is 12.1 Å². The highest BCUT2D eigenvalue weighted by atomic mass is 19.4. The van der Waals surface area contributed by atoms with Crippen molar-refractivity contribution >= 4 is 11.9 Å². The number of aliphatic carboxylic acids is 1. The van der Waals surface area contributed by atoms with Crippen LogP contribution >= 0.6 is 0 Å². The van der Waals surface area contributed by atoms with E-state index in [0.717, 1.165) is 56.9 Å². The molecule has 6 nitrogen and oxygen atoms in total. The molecule has 4 aliphatic rings. The zero-order chi connectivity index (χ0) is 23.6. The van der Waals surface area contributed by atoms with Gasteiger partial charge < -0.3 is 20.1 Å². The van der Waals surface area contributed by atoms with Crippen molar-refractivity contribution in [2.75, 3.05) is 19.6 Å². The Hall–Kier alpha value is -2.29. The van der Waals surface area contributed by atoms with E-state index >= 15 is 0 Å². The number of carboxylic acids is 1. The quantitative estimate of drug-likeness (QED) is 0.680. The van der Waals surface area contributed by atoms with E-state index in [1.807, 2.05) is 0 Å². The van der Waals surface area contributed by atoms with Crippen LogP contribution in [0.2, 0.25) is 0 Å². The molecule has 1 unspecified atom stereocenters. The van der Waals surface area contributed by atoms with Gasteiger partial charge in [0.05, 0.1) is 0 Å². The predicted molar refractivity (Wildman–Crippen MR) is 115 cm³/mol. The summed E-state index contributed by atoms with van der Waals surface area (Å²) in [6.45, 7) is 3.55. The van der Waals surface area contributed by atoms with Gasteiger partial charge in [0.15, 0.2) is 0 Å². The third-order valence-corrected chi connectivity index (χ3v) is 6.90. The molecule has 1 spiro atoms. The summed E-state index contributed by atoms with van der Waals surface area (Å²) in [5.41, 5.74) is 1.16. The summed E-state index contributed by atoms with van der Waals surface area (Å²) in [4.78, 5) is 24.0. The number of carboxylic acid groups (broad SMARTS) is 1. The molecule has 1 atom stereocenters. The van der Waals surface area contributed by atoms with E-state index in [1.54, 1.807) is 0 Å². The number of carbonyl (C=O) groups is 2. The lowest BCUT2D eigenvalue weighted by Crippen LogP contribution is -2.51. The second kappa shape index (κ2) is 9.52. The van der Waals surface area contributed by atoms with Crippen LogP contribution in [0.4, 0.5) is 13.2 Å². The Kier molecular flexibility index (Phi) is 6.88. The number of alkyl halides is 3. The van der Waals surface area contributed by atoms with Crippen LogP contribution in [0.5, 0.6) is 5.75 Å². The standard InChI is InChI=1S/C22H30N2O2.C2HF3O2/c25-21(23-18-7-8-18)13-17-14-22(26-20-4-2-1-3-19(17)20)9-11-24(12-10-22)15-16-5-6-16;3-2(4,5)1(6)7/h1-4,16-18H,5-15H2,(H,23,25);(H,6,7). The number of para-hydroxylation sites is 1. The number of carbonyl (C=O) groups excluding carboxylic acids is 1. The van der Waals surface area contributed by atoms with Crippen LogP contribution in [0, 0.1) is 5.92 Å². The van der Waals surface area contributed by atoms with Crippen molar-refractivity contribution in [2.45, 2.75) is 75.1 Å². The molecular formula is C24H31F3N2O4. The molecule has 2 aliphatic carbocycles. The first-order valence-electron chi connectivity index (χ1n) is 11.7. The van der Waals surface area contributed by atoms with Gasteiger partial charge in [-0.3, -0.25) is 4.79 Å². The Balaban J connectivity index is 0.000000325. The third-order valence-electron chi connectivity index (χ3n) is 6.90. The summed E-state index contributed by atoms with van der Waals surface area (Å²) in [7, 11) is 0. The van der Waals surface area contributed by atoms with Gasteiger partial charge in [-0.1, -0.05) is 18.2 Å². The Morgan fingerprint density at radius 1 is 1.12 bits per heavy atom. The molecule has 2 saturated carbocycles. The minimum atomic E-state index is -5.08. The van der Waals surface area contributed by atoms with Crippen molar-refractivity contribution in [2.24, 2.45) is 5.92 Å². The largest absolute Gasteiger partial charge is 0.490 e. The summed E-state index contributed by atoms with van der Waals surface area (Å²) in [6, 6.07) is 8.82. The van der Waals surface area contributed by atoms with Gasteiger partial charge in [-0.25, -0.2) is 4.79 Å². The second-order valence-corrected chi connectivity index (χ2v) is 9.82. The summed E-state index contributed by atoms with van der Waals surface area (Å²) in [5, 5.41) is 10.3. The molecule has 0 aromatic heterocycles. The number of ether oxygens (including phenoxy) is 1. The number of halogens is 3. The van der Waals surface area contributed by atoms with Crippen molar-refractivity contribution in [3.8, 4) is 5.75 Å². The van der Waals surface area contributed by atoms with Gasteiger partial charge in [0.25, 0.3) is 0 Å². The van der Waals surface area contributed by atoms with Crippen LogP contribution in [0.3, 0.4) is 0 Å². The number of fused-ring (bicyclic) bond motifs is 1. The highest BCUT2D eigenvalue weighted by Gasteiger charge is 2.44. The topological polar surface area (TPSA) is 78.9 Å². The van der Waals surface area contributed by atoms with E-state index in [1.165, 1.54) is 24.9 Å². The average molecular weight is 469 g/mol. The lowest BCUT2D eigenvalue weighted by Gasteiger charge is -2.47. The maximum Gasteiger partial charge on any atom is 0.490 e. The van der Waals surface area contributed by atoms with E-state index in [-0.39, 0.29) is 17.4 Å². The minimum absolute atomic E-state index is 0.0705. The van der Waals surface area contributed by atoms with Crippen LogP contribution < -0.4 is 10.1 Å². The Labute approximate surface area is 191 Å². The number of likely N-dealkylation sites (tertiary alicyclic amines) is 1. The molecule has 33 heavy (non-hydrogen) atoms. The lowest BCUT2D eigenvalue weighted by atomic mass is 9.76. The first kappa shape index (κ1) is 23.9. The van der Waals surface area contributed by atoms with Gasteiger partial charge in [0.2, 0.25) is 5.91 Å². The van der Waals surface area contributed by atoms with Gasteiger partial charge in [-0.05, 0) is 62.5 Å². The molecule has 1 aromatic carbocycles. The molecule has 0 bridgehead atoms. The molecule has 3 fully saturated rings. The molecule has 0 radical (unpaired) electrons. The highest BCUT2D eigenvalue weighted by molar-refractivity contribution is 5.77. The number of rotatable bonds is 5. The molecule has 5 rings (SSSR count). The average Bonchev–Trinajstić information content (AvgIpc) is 3.67. The normalized spacial score (nSPS) is 24.2. The maximum absolute atomic E-state index is 12.5. The van der Waals surface area contributed by atoms with Crippen LogP contribution in [0.1, 0.15) is 62.8 Å². The SMILES string of the molecule is O=C(CC1CC2(CCN(CC3CC3)CC2)Oc2ccccc21)NC1CC1.O=C(O)C(F)(F)F. The van der Waals surface area contributed by atoms with E-state index in [4.69, 9.17) is 14.6 Å². The molecule has 2 N–H and O–H groups in total. The fourth-order valence-corrected chi connectivity index (χ4v) is 4.78. The van der Waals surface area contributed by atoms with Gasteiger partial charge in [-0.15, -0.1) is 0 Å². The molecule has 1 amide bonds. The number of hydrogen-bond donors (Lipinski definition) is 2. The molecule has 1 aromatic rings. The second-order valence-electron chi connectivity index (χ2n) is 9.82. The first-order valence-corrected chi connectivity index (χ1v) is 11.7. The first-order chi connectivity index (χ1) is 15.6. The fourth-order valence-electron chi connectivity index (χ4n) is 4.78. The van der Waals surface area contributed by atoms with Crippen LogP contribution in [0.15, 0.2) is 24.3 Å². The molecule has 2 aliphatic heterocycles. The van der Waals surface area contributed by atoms with Crippen LogP contribution in [-0.4, -0.2) is 59.3 Å². The van der Waals surface area contributed by atoms with Gasteiger partial charge in [0.1, 0.15) is 11.4 Å². The highest BCUT2D eigenvalue weighted by Crippen LogP contribution is 2.47. The zero-order valence-electron chi connectivity index (χ0n) is 18.6. The Morgan fingerprint density at radius 2 is 1.76 bits per heavy atom. The van der Waals surface area contributed by atoms with Crippen molar-refractivity contribution < 1.29 is 32.6 Å². The maximum atomic E-state index is 12.5. The number of nitrogens with zero attached hydrogens (tertiary/aromatic N) is 1. The van der Waals surface area contributed by atoms with Crippen molar-refractivity contribution in [1.29, 1.82) is 0 Å². The Morgan fingerprint density at radius 3 is 2.33 bits per heavy atom. The smallest absolute Gasteiger partial charge is 0.487 e. The predicted octanol–water partition coefficient (Wildman–Crippen LogP) is 4.10. The number of nitrogens with one attached hydrogen (secondary N) is 1. The molecule has 1 saturated heterocycles. The zero-order valence-corrected chi connectivity index (χ0v) is 18.6. The Bertz CT molecular complexity index is 860. The number of amides is 1. The minimum Gasteiger partial charge on any atom is -0.487 e. The van der Waals surface area contributed by atoms with E-state index < -0.39 is 12.1 Å². The van der Waals surface area contributed by atoms with Crippen LogP contribution in [0.25, 0.3) is 0 Å². The summed E-state index contributed by atoms with van der Waals surface area (Å²) < 4.78 is 38.3. The fraction of sp³-hybridized carbons (Fsp3) is 0.667. The third kappa shape index (κ3) is 6.62. The van der Waals surface area contributed by atoms with Gasteiger partial charge in [-0.2, -0.15) is 13.2 Å². The van der Waals surface area contributed by atoms with E-state index in [2.05, 4.69) is 34.5 Å². The summed E-state index contributed by atoms with van der Waals surface area (Å²) in [6.07, 6.45) is 3.83. The molecule has 2 heterocycles. The number of piperidine rings is 1. The van der Waals surface area contributed by atoms with E-state index in [0.29, 0.717) is 12.5 Å². The van der Waals surface area contributed by atoms with Crippen molar-refractivity contribution in [3.63, 3.8) is 0 Å². The van der Waals surface area contributed by atoms with Gasteiger partial charge in [0, 0.05) is 38.0 Å². The summed E-state index contributed by atoms with van der Waals surface area (Å²) in [5.74, 6) is -0.286. The molecule has 9 heteroatoms. The summed E-state index contributed by atoms with van der Waals surface area (Å²) >= 11 is 0. The van der Waals surface area contributed by atoms with E-state index in [9.17, 15) is 18.0 Å². The lowest BCUT2D eigenvalue weighted by molar-refractivity contribution is -0.192. The monoisotopic (exact) mass is 468 g/mol. The van der Waals surface area contributed by atoms with Crippen molar-refractivity contribution in [3.05, 3.63) is 29.8 Å². The number of hydrogen-bond acceptors (Lipinski definition) is 4. The van der Waals surface area contributed by atoms with Crippen LogP contribution in [-0.2, 0) is 9.59 Å². The number of benzene rings is 1.